The maximum absolute atomic E-state index is 3.43. The van der Waals surface area contributed by atoms with Gasteiger partial charge < -0.3 is 5.32 Å². The van der Waals surface area contributed by atoms with Gasteiger partial charge in [-0.1, -0.05) is 29.5 Å². The molecular weight excluding hydrogens is 269 g/mol. The zero-order valence-corrected chi connectivity index (χ0v) is 10.2. The Balaban J connectivity index is 2.69. The summed E-state index contributed by atoms with van der Waals surface area (Å²) in [6.07, 6.45) is 2.63. The van der Waals surface area contributed by atoms with Crippen LogP contribution in [0, 0.1) is 0 Å². The molecule has 0 heterocycles. The highest BCUT2D eigenvalue weighted by molar-refractivity contribution is 14.1. The van der Waals surface area contributed by atoms with Crippen molar-refractivity contribution in [3.8, 4) is 0 Å². The molecule has 0 aromatic heterocycles. The predicted octanol–water partition coefficient (Wildman–Crippen LogP) is 2.54. The lowest BCUT2D eigenvalue weighted by Gasteiger charge is -2.01. The molecule has 0 atom stereocenters. The second-order valence-corrected chi connectivity index (χ2v) is 4.82. The topological polar surface area (TPSA) is 12.0 Å². The van der Waals surface area contributed by atoms with E-state index in [-0.39, 0.29) is 0 Å². The van der Waals surface area contributed by atoms with Crippen molar-refractivity contribution in [1.82, 2.24) is 5.32 Å². The minimum absolute atomic E-state index is 1.19. The molecule has 0 radical (unpaired) electrons. The molecule has 0 aliphatic carbocycles. The summed E-state index contributed by atoms with van der Waals surface area (Å²) in [6.45, 7) is 4.61. The zero-order chi connectivity index (χ0) is 8.36. The van der Waals surface area contributed by atoms with Crippen LogP contribution >= 0.6 is 34.4 Å². The van der Waals surface area contributed by atoms with Gasteiger partial charge in [0, 0.05) is 4.43 Å². The summed E-state index contributed by atoms with van der Waals surface area (Å²) in [6, 6.07) is 0. The number of rotatable bonds is 8. The van der Waals surface area contributed by atoms with E-state index in [1.165, 1.54) is 41.9 Å². The molecule has 0 rings (SSSR count). The van der Waals surface area contributed by atoms with E-state index in [1.54, 1.807) is 0 Å². The number of thioether (sulfide) groups is 1. The van der Waals surface area contributed by atoms with Gasteiger partial charge in [0.15, 0.2) is 0 Å². The van der Waals surface area contributed by atoms with E-state index in [2.05, 4.69) is 34.8 Å². The third-order valence-corrected chi connectivity index (χ3v) is 3.08. The second kappa shape index (κ2) is 11.0. The quantitative estimate of drug-likeness (QED) is 0.418. The lowest BCUT2D eigenvalue weighted by molar-refractivity contribution is 0.670. The van der Waals surface area contributed by atoms with Crippen molar-refractivity contribution in [2.24, 2.45) is 0 Å². The second-order valence-electron chi connectivity index (χ2n) is 2.34. The van der Waals surface area contributed by atoms with E-state index < -0.39 is 0 Å². The van der Waals surface area contributed by atoms with E-state index in [0.717, 1.165) is 0 Å². The standard InChI is InChI=1S/C8H18INS/c1-2-11-8-4-7-10-6-3-5-9/h10H,2-8H2,1H3. The summed E-state index contributed by atoms with van der Waals surface area (Å²) in [5.74, 6) is 2.57. The van der Waals surface area contributed by atoms with Crippen LogP contribution in [-0.2, 0) is 0 Å². The molecule has 3 heteroatoms. The summed E-state index contributed by atoms with van der Waals surface area (Å²) in [5.41, 5.74) is 0. The number of halogens is 1. The minimum atomic E-state index is 1.19. The highest BCUT2D eigenvalue weighted by Gasteiger charge is 1.87. The van der Waals surface area contributed by atoms with Gasteiger partial charge >= 0.3 is 0 Å². The summed E-state index contributed by atoms with van der Waals surface area (Å²) in [7, 11) is 0. The first kappa shape index (κ1) is 12.0. The highest BCUT2D eigenvalue weighted by Crippen LogP contribution is 1.99. The van der Waals surface area contributed by atoms with Gasteiger partial charge in [0.1, 0.15) is 0 Å². The smallest absolute Gasteiger partial charge is 0.000735 e. The van der Waals surface area contributed by atoms with E-state index in [9.17, 15) is 0 Å². The van der Waals surface area contributed by atoms with Crippen LogP contribution in [-0.4, -0.2) is 29.0 Å². The van der Waals surface area contributed by atoms with Gasteiger partial charge in [-0.15, -0.1) is 0 Å². The van der Waals surface area contributed by atoms with Crippen LogP contribution in [0.4, 0.5) is 0 Å². The molecule has 0 aromatic rings. The van der Waals surface area contributed by atoms with Crippen LogP contribution < -0.4 is 5.32 Å². The Morgan fingerprint density at radius 3 is 2.64 bits per heavy atom. The molecule has 1 nitrogen and oxygen atoms in total. The molecule has 0 spiro atoms. The Morgan fingerprint density at radius 2 is 2.00 bits per heavy atom. The van der Waals surface area contributed by atoms with E-state index in [4.69, 9.17) is 0 Å². The molecule has 11 heavy (non-hydrogen) atoms. The molecular formula is C8H18INS. The van der Waals surface area contributed by atoms with Crippen LogP contribution in [0.3, 0.4) is 0 Å². The maximum atomic E-state index is 3.43. The molecule has 0 fully saturated rings. The van der Waals surface area contributed by atoms with Crippen LogP contribution in [0.1, 0.15) is 19.8 Å². The Kier molecular flexibility index (Phi) is 12.1. The molecule has 0 saturated heterocycles. The van der Waals surface area contributed by atoms with Crippen molar-refractivity contribution in [2.75, 3.05) is 29.0 Å². The fraction of sp³-hybridized carbons (Fsp3) is 1.00. The van der Waals surface area contributed by atoms with Crippen molar-refractivity contribution in [3.63, 3.8) is 0 Å². The van der Waals surface area contributed by atoms with Gasteiger partial charge in [-0.05, 0) is 37.4 Å². The molecule has 0 aliphatic rings. The lowest BCUT2D eigenvalue weighted by atomic mass is 10.4. The Morgan fingerprint density at radius 1 is 1.27 bits per heavy atom. The monoisotopic (exact) mass is 287 g/mol. The maximum Gasteiger partial charge on any atom is 0.000735 e. The minimum Gasteiger partial charge on any atom is -0.317 e. The summed E-state index contributed by atoms with van der Waals surface area (Å²) in [5, 5.41) is 3.43. The number of hydrogen-bond acceptors (Lipinski definition) is 2. The fourth-order valence-corrected chi connectivity index (χ4v) is 1.78. The highest BCUT2D eigenvalue weighted by atomic mass is 127. The number of alkyl halides is 1. The molecule has 0 unspecified atom stereocenters. The Hall–Kier alpha value is 1.04. The largest absolute Gasteiger partial charge is 0.317 e. The zero-order valence-electron chi connectivity index (χ0n) is 7.24. The van der Waals surface area contributed by atoms with E-state index in [0.29, 0.717) is 0 Å². The Bertz CT molecular complexity index is 63.1. The third kappa shape index (κ3) is 11.0. The van der Waals surface area contributed by atoms with Crippen molar-refractivity contribution < 1.29 is 0 Å². The molecule has 0 bridgehead atoms. The first-order valence-electron chi connectivity index (χ1n) is 4.26. The van der Waals surface area contributed by atoms with Gasteiger partial charge in [-0.3, -0.25) is 0 Å². The molecule has 1 N–H and O–H groups in total. The van der Waals surface area contributed by atoms with Crippen molar-refractivity contribution >= 4 is 34.4 Å². The van der Waals surface area contributed by atoms with Gasteiger partial charge in [0.2, 0.25) is 0 Å². The van der Waals surface area contributed by atoms with Gasteiger partial charge in [-0.2, -0.15) is 11.8 Å². The molecule has 0 aliphatic heterocycles. The third-order valence-electron chi connectivity index (χ3n) is 1.33. The van der Waals surface area contributed by atoms with Gasteiger partial charge in [0.25, 0.3) is 0 Å². The first-order chi connectivity index (χ1) is 5.41. The molecule has 68 valence electrons. The van der Waals surface area contributed by atoms with E-state index in [1.807, 2.05) is 11.8 Å². The van der Waals surface area contributed by atoms with Gasteiger partial charge in [0.05, 0.1) is 0 Å². The van der Waals surface area contributed by atoms with Gasteiger partial charge in [-0.25, -0.2) is 0 Å². The normalized spacial score (nSPS) is 10.4. The summed E-state index contributed by atoms with van der Waals surface area (Å²) >= 11 is 4.45. The average Bonchev–Trinajstić information content (AvgIpc) is 2.03. The summed E-state index contributed by atoms with van der Waals surface area (Å²) in [4.78, 5) is 0. The van der Waals surface area contributed by atoms with Crippen molar-refractivity contribution in [3.05, 3.63) is 0 Å². The van der Waals surface area contributed by atoms with Crippen LogP contribution in [0.5, 0.6) is 0 Å². The van der Waals surface area contributed by atoms with Crippen molar-refractivity contribution in [1.29, 1.82) is 0 Å². The Labute approximate surface area is 88.2 Å². The summed E-state index contributed by atoms with van der Waals surface area (Å²) < 4.78 is 1.27. The number of nitrogens with one attached hydrogen (secondary N) is 1. The van der Waals surface area contributed by atoms with Crippen LogP contribution in [0.15, 0.2) is 0 Å². The van der Waals surface area contributed by atoms with Crippen LogP contribution in [0.25, 0.3) is 0 Å². The average molecular weight is 287 g/mol. The van der Waals surface area contributed by atoms with Crippen LogP contribution in [0.2, 0.25) is 0 Å². The lowest BCUT2D eigenvalue weighted by Crippen LogP contribution is -2.17. The molecule has 0 aromatic carbocycles. The predicted molar refractivity (Wildman–Crippen MR) is 64.0 cm³/mol. The number of hydrogen-bond donors (Lipinski definition) is 1. The molecule has 0 amide bonds. The molecule has 0 saturated carbocycles. The first-order valence-corrected chi connectivity index (χ1v) is 6.94. The van der Waals surface area contributed by atoms with E-state index >= 15 is 0 Å². The SMILES string of the molecule is CCSCCCNCCCI. The van der Waals surface area contributed by atoms with Crippen molar-refractivity contribution in [2.45, 2.75) is 19.8 Å². The fourth-order valence-electron chi connectivity index (χ4n) is 0.760.